The largest absolute Gasteiger partial charge is 0.289 e. The van der Waals surface area contributed by atoms with Gasteiger partial charge in [0.1, 0.15) is 0 Å². The number of rotatable bonds is 5. The molecule has 0 heterocycles. The standard InChI is InChI=1S/C28H20ClOS/c29-23-16-14-20(15-17-23)27(30)19-31(24-10-2-1-3-11-24)28-25-12-6-4-8-21(25)18-22-9-5-7-13-26(22)28/h1-18H,19H2/q+1. The van der Waals surface area contributed by atoms with Crippen LogP contribution in [0.2, 0.25) is 5.02 Å². The van der Waals surface area contributed by atoms with Crippen molar-refractivity contribution in [2.75, 3.05) is 5.75 Å². The monoisotopic (exact) mass is 439 g/mol. The molecule has 5 aromatic rings. The topological polar surface area (TPSA) is 17.1 Å². The van der Waals surface area contributed by atoms with Crippen LogP contribution in [0.5, 0.6) is 0 Å². The lowest BCUT2D eigenvalue weighted by molar-refractivity contribution is 0.102. The van der Waals surface area contributed by atoms with Crippen LogP contribution in [0.4, 0.5) is 0 Å². The average molecular weight is 440 g/mol. The second-order valence-electron chi connectivity index (χ2n) is 7.43. The maximum atomic E-state index is 13.3. The predicted octanol–water partition coefficient (Wildman–Crippen LogP) is 7.57. The predicted molar refractivity (Wildman–Crippen MR) is 132 cm³/mol. The van der Waals surface area contributed by atoms with Crippen molar-refractivity contribution < 1.29 is 4.79 Å². The smallest absolute Gasteiger partial charge is 0.212 e. The van der Waals surface area contributed by atoms with Crippen LogP contribution in [0, 0.1) is 0 Å². The van der Waals surface area contributed by atoms with Crippen molar-refractivity contribution in [3.8, 4) is 0 Å². The third-order valence-electron chi connectivity index (χ3n) is 5.44. The summed E-state index contributed by atoms with van der Waals surface area (Å²) in [6.07, 6.45) is 0. The van der Waals surface area contributed by atoms with Crippen LogP contribution < -0.4 is 0 Å². The van der Waals surface area contributed by atoms with Crippen LogP contribution in [-0.2, 0) is 10.9 Å². The summed E-state index contributed by atoms with van der Waals surface area (Å²) in [6, 6.07) is 36.8. The van der Waals surface area contributed by atoms with E-state index in [0.717, 1.165) is 0 Å². The molecule has 5 rings (SSSR count). The Balaban J connectivity index is 1.72. The second-order valence-corrected chi connectivity index (χ2v) is 9.81. The Hall–Kier alpha value is -3.07. The summed E-state index contributed by atoms with van der Waals surface area (Å²) >= 11 is 6.04. The molecule has 0 aliphatic carbocycles. The summed E-state index contributed by atoms with van der Waals surface area (Å²) in [5.74, 6) is 0.546. The SMILES string of the molecule is O=C(C[S+](c1ccccc1)c1c2ccccc2cc2ccccc12)c1ccc(Cl)cc1. The Kier molecular flexibility index (Phi) is 5.50. The molecule has 0 spiro atoms. The van der Waals surface area contributed by atoms with Gasteiger partial charge in [0.25, 0.3) is 0 Å². The first-order valence-electron chi connectivity index (χ1n) is 10.2. The molecule has 0 fully saturated rings. The van der Waals surface area contributed by atoms with E-state index in [-0.39, 0.29) is 5.78 Å². The van der Waals surface area contributed by atoms with Crippen molar-refractivity contribution in [1.82, 2.24) is 0 Å². The average Bonchev–Trinajstić information content (AvgIpc) is 2.82. The second kappa shape index (κ2) is 8.58. The van der Waals surface area contributed by atoms with E-state index in [0.29, 0.717) is 16.3 Å². The van der Waals surface area contributed by atoms with E-state index < -0.39 is 10.9 Å². The van der Waals surface area contributed by atoms with Crippen LogP contribution in [0.1, 0.15) is 10.4 Å². The van der Waals surface area contributed by atoms with E-state index >= 15 is 0 Å². The summed E-state index contributed by atoms with van der Waals surface area (Å²) in [5.41, 5.74) is 0.697. The lowest BCUT2D eigenvalue weighted by Gasteiger charge is -2.13. The highest BCUT2D eigenvalue weighted by Gasteiger charge is 2.33. The van der Waals surface area contributed by atoms with E-state index in [1.165, 1.54) is 31.3 Å². The number of halogens is 1. The van der Waals surface area contributed by atoms with E-state index in [2.05, 4.69) is 78.9 Å². The fourth-order valence-corrected chi connectivity index (χ4v) is 6.44. The van der Waals surface area contributed by atoms with E-state index in [9.17, 15) is 4.79 Å². The van der Waals surface area contributed by atoms with Gasteiger partial charge in [0.15, 0.2) is 15.5 Å². The quantitative estimate of drug-likeness (QED) is 0.157. The summed E-state index contributed by atoms with van der Waals surface area (Å²) in [4.78, 5) is 15.8. The molecule has 0 aliphatic rings. The van der Waals surface area contributed by atoms with Crippen molar-refractivity contribution >= 4 is 49.8 Å². The van der Waals surface area contributed by atoms with Gasteiger partial charge in [0.05, 0.1) is 10.9 Å². The first-order chi connectivity index (χ1) is 15.2. The van der Waals surface area contributed by atoms with Crippen LogP contribution >= 0.6 is 11.6 Å². The number of hydrogen-bond acceptors (Lipinski definition) is 1. The van der Waals surface area contributed by atoms with E-state index in [4.69, 9.17) is 11.6 Å². The number of carbonyl (C=O) groups excluding carboxylic acids is 1. The van der Waals surface area contributed by atoms with Gasteiger partial charge in [0.2, 0.25) is 5.78 Å². The minimum Gasteiger partial charge on any atom is -0.289 e. The van der Waals surface area contributed by atoms with Gasteiger partial charge < -0.3 is 0 Å². The molecule has 1 nitrogen and oxygen atoms in total. The van der Waals surface area contributed by atoms with Gasteiger partial charge in [-0.1, -0.05) is 66.2 Å². The Morgan fingerprint density at radius 2 is 1.23 bits per heavy atom. The summed E-state index contributed by atoms with van der Waals surface area (Å²) in [7, 11) is -0.419. The molecule has 0 aromatic heterocycles. The van der Waals surface area contributed by atoms with Crippen LogP contribution in [0.15, 0.2) is 119 Å². The molecule has 150 valence electrons. The number of Topliss-reactive ketones (excluding diaryl/α,β-unsaturated/α-hetero) is 1. The number of hydrogen-bond donors (Lipinski definition) is 0. The fraction of sp³-hybridized carbons (Fsp3) is 0.0357. The molecule has 0 saturated carbocycles. The molecular formula is C28H20ClOS+. The number of ketones is 1. The third kappa shape index (κ3) is 3.97. The minimum atomic E-state index is -0.419. The van der Waals surface area contributed by atoms with Gasteiger partial charge in [-0.25, -0.2) is 0 Å². The Morgan fingerprint density at radius 1 is 0.677 bits per heavy atom. The number of fused-ring (bicyclic) bond motifs is 2. The lowest BCUT2D eigenvalue weighted by atomic mass is 10.0. The number of benzene rings is 5. The normalized spacial score (nSPS) is 12.2. The zero-order chi connectivity index (χ0) is 21.2. The lowest BCUT2D eigenvalue weighted by Crippen LogP contribution is -2.18. The van der Waals surface area contributed by atoms with Crippen molar-refractivity contribution in [3.63, 3.8) is 0 Å². The molecule has 0 bridgehead atoms. The highest BCUT2D eigenvalue weighted by Crippen LogP contribution is 2.37. The number of carbonyl (C=O) groups is 1. The molecule has 1 atom stereocenters. The van der Waals surface area contributed by atoms with Crippen molar-refractivity contribution in [1.29, 1.82) is 0 Å². The van der Waals surface area contributed by atoms with Crippen LogP contribution in [0.25, 0.3) is 21.5 Å². The Labute approximate surface area is 189 Å². The molecule has 0 aliphatic heterocycles. The maximum absolute atomic E-state index is 13.3. The van der Waals surface area contributed by atoms with E-state index in [1.807, 2.05) is 18.2 Å². The molecule has 0 amide bonds. The Morgan fingerprint density at radius 3 is 1.84 bits per heavy atom. The van der Waals surface area contributed by atoms with Gasteiger partial charge in [-0.15, -0.1) is 0 Å². The molecule has 0 N–H and O–H groups in total. The first-order valence-corrected chi connectivity index (χ1v) is 11.9. The molecular weight excluding hydrogens is 420 g/mol. The molecule has 3 heteroatoms. The van der Waals surface area contributed by atoms with Crippen LogP contribution in [0.3, 0.4) is 0 Å². The van der Waals surface area contributed by atoms with Crippen molar-refractivity contribution in [2.45, 2.75) is 9.79 Å². The third-order valence-corrected chi connectivity index (χ3v) is 8.01. The molecule has 31 heavy (non-hydrogen) atoms. The van der Waals surface area contributed by atoms with Gasteiger partial charge in [-0.2, -0.15) is 0 Å². The molecule has 0 saturated heterocycles. The fourth-order valence-electron chi connectivity index (χ4n) is 3.95. The Bertz CT molecular complexity index is 1320. The van der Waals surface area contributed by atoms with Gasteiger partial charge in [0, 0.05) is 21.4 Å². The molecule has 0 radical (unpaired) electrons. The van der Waals surface area contributed by atoms with Gasteiger partial charge >= 0.3 is 0 Å². The summed E-state index contributed by atoms with van der Waals surface area (Å²) < 4.78 is 0. The first kappa shape index (κ1) is 19.9. The summed E-state index contributed by atoms with van der Waals surface area (Å²) in [6.45, 7) is 0. The van der Waals surface area contributed by atoms with Crippen LogP contribution in [-0.4, -0.2) is 11.5 Å². The highest BCUT2D eigenvalue weighted by atomic mass is 35.5. The van der Waals surface area contributed by atoms with E-state index in [1.54, 1.807) is 12.1 Å². The zero-order valence-electron chi connectivity index (χ0n) is 16.8. The highest BCUT2D eigenvalue weighted by molar-refractivity contribution is 7.98. The van der Waals surface area contributed by atoms with Crippen molar-refractivity contribution in [3.05, 3.63) is 120 Å². The molecule has 5 aromatic carbocycles. The summed E-state index contributed by atoms with van der Waals surface area (Å²) in [5, 5.41) is 5.44. The van der Waals surface area contributed by atoms with Gasteiger partial charge in [-0.05, 0) is 65.4 Å². The maximum Gasteiger partial charge on any atom is 0.212 e. The minimum absolute atomic E-state index is 0.126. The van der Waals surface area contributed by atoms with Crippen molar-refractivity contribution in [2.24, 2.45) is 0 Å². The zero-order valence-corrected chi connectivity index (χ0v) is 18.4. The molecule has 1 unspecified atom stereocenters. The van der Waals surface area contributed by atoms with Gasteiger partial charge in [-0.3, -0.25) is 4.79 Å².